The Hall–Kier alpha value is -2.59. The van der Waals surface area contributed by atoms with Crippen molar-refractivity contribution in [3.05, 3.63) is 65.7 Å². The van der Waals surface area contributed by atoms with E-state index in [1.54, 1.807) is 41.3 Å². The molecule has 1 N–H and O–H groups in total. The third-order valence-electron chi connectivity index (χ3n) is 4.85. The maximum atomic E-state index is 12.9. The van der Waals surface area contributed by atoms with Gasteiger partial charge in [-0.1, -0.05) is 24.3 Å². The van der Waals surface area contributed by atoms with Crippen LogP contribution in [0.2, 0.25) is 0 Å². The zero-order valence-electron chi connectivity index (χ0n) is 16.1. The third kappa shape index (κ3) is 5.51. The highest BCUT2D eigenvalue weighted by molar-refractivity contribution is 7.89. The van der Waals surface area contributed by atoms with Crippen LogP contribution in [0.5, 0.6) is 0 Å². The smallest absolute Gasteiger partial charge is 0.369 e. The predicted octanol–water partition coefficient (Wildman–Crippen LogP) is 2.59. The first kappa shape index (κ1) is 22.1. The van der Waals surface area contributed by atoms with E-state index < -0.39 is 21.8 Å². The molecule has 1 saturated heterocycles. The number of benzene rings is 2. The Kier molecular flexibility index (Phi) is 6.67. The van der Waals surface area contributed by atoms with E-state index in [1.165, 1.54) is 10.4 Å². The van der Waals surface area contributed by atoms with E-state index in [0.717, 1.165) is 12.1 Å². The lowest BCUT2D eigenvalue weighted by molar-refractivity contribution is -0.137. The molecule has 0 aromatic heterocycles. The van der Waals surface area contributed by atoms with Crippen LogP contribution in [0.3, 0.4) is 0 Å². The van der Waals surface area contributed by atoms with Gasteiger partial charge in [0.1, 0.15) is 0 Å². The molecule has 0 saturated carbocycles. The molecule has 0 aliphatic carbocycles. The molecule has 0 radical (unpaired) electrons. The molecule has 0 bridgehead atoms. The van der Waals surface area contributed by atoms with Crippen molar-refractivity contribution in [3.63, 3.8) is 0 Å². The minimum atomic E-state index is -4.43. The van der Waals surface area contributed by atoms with Gasteiger partial charge in [-0.2, -0.15) is 17.5 Å². The highest BCUT2D eigenvalue weighted by Gasteiger charge is 2.32. The molecule has 6 nitrogen and oxygen atoms in total. The number of carbonyl (C=O) groups is 1. The SMILES string of the molecule is O=C(NCCS(=O)(=O)N1CCN(c2cccc(C(F)(F)F)c2)CC1)c1ccccc1. The number of halogens is 3. The van der Waals surface area contributed by atoms with Crippen molar-refractivity contribution in [2.24, 2.45) is 0 Å². The van der Waals surface area contributed by atoms with Gasteiger partial charge in [0.2, 0.25) is 10.0 Å². The maximum Gasteiger partial charge on any atom is 0.416 e. The molecule has 1 heterocycles. The number of nitrogens with zero attached hydrogens (tertiary/aromatic N) is 2. The van der Waals surface area contributed by atoms with Crippen molar-refractivity contribution >= 4 is 21.6 Å². The number of alkyl halides is 3. The van der Waals surface area contributed by atoms with Crippen molar-refractivity contribution in [1.29, 1.82) is 0 Å². The lowest BCUT2D eigenvalue weighted by atomic mass is 10.1. The molecule has 0 unspecified atom stereocenters. The summed E-state index contributed by atoms with van der Waals surface area (Å²) in [4.78, 5) is 13.7. The number of carbonyl (C=O) groups excluding carboxylic acids is 1. The van der Waals surface area contributed by atoms with Crippen molar-refractivity contribution in [3.8, 4) is 0 Å². The molecular weight excluding hydrogens is 419 g/mol. The van der Waals surface area contributed by atoms with Crippen LogP contribution in [0.25, 0.3) is 0 Å². The van der Waals surface area contributed by atoms with Gasteiger partial charge in [-0.3, -0.25) is 4.79 Å². The van der Waals surface area contributed by atoms with Crippen LogP contribution in [0.4, 0.5) is 18.9 Å². The molecule has 3 rings (SSSR count). The Morgan fingerprint density at radius 2 is 1.63 bits per heavy atom. The fourth-order valence-electron chi connectivity index (χ4n) is 3.22. The lowest BCUT2D eigenvalue weighted by Crippen LogP contribution is -2.50. The molecule has 10 heteroatoms. The number of rotatable bonds is 6. The topological polar surface area (TPSA) is 69.7 Å². The van der Waals surface area contributed by atoms with E-state index in [1.807, 2.05) is 0 Å². The second-order valence-corrected chi connectivity index (χ2v) is 8.96. The Balaban J connectivity index is 1.52. The average Bonchev–Trinajstić information content (AvgIpc) is 2.74. The van der Waals surface area contributed by atoms with Crippen molar-refractivity contribution in [2.75, 3.05) is 43.4 Å². The number of anilines is 1. The Morgan fingerprint density at radius 1 is 0.967 bits per heavy atom. The number of piperazine rings is 1. The normalized spacial score (nSPS) is 15.8. The molecule has 30 heavy (non-hydrogen) atoms. The van der Waals surface area contributed by atoms with Crippen LogP contribution >= 0.6 is 0 Å². The van der Waals surface area contributed by atoms with Gasteiger partial charge in [-0.25, -0.2) is 8.42 Å². The number of hydrogen-bond donors (Lipinski definition) is 1. The Labute approximate surface area is 173 Å². The zero-order chi connectivity index (χ0) is 21.8. The highest BCUT2D eigenvalue weighted by atomic mass is 32.2. The van der Waals surface area contributed by atoms with Crippen LogP contribution in [-0.4, -0.2) is 57.1 Å². The fourth-order valence-corrected chi connectivity index (χ4v) is 4.56. The van der Waals surface area contributed by atoms with Gasteiger partial charge < -0.3 is 10.2 Å². The van der Waals surface area contributed by atoms with Gasteiger partial charge in [0.25, 0.3) is 5.91 Å². The summed E-state index contributed by atoms with van der Waals surface area (Å²) in [5.74, 6) is -0.588. The number of amides is 1. The molecule has 0 atom stereocenters. The van der Waals surface area contributed by atoms with Crippen molar-refractivity contribution < 1.29 is 26.4 Å². The van der Waals surface area contributed by atoms with E-state index >= 15 is 0 Å². The largest absolute Gasteiger partial charge is 0.416 e. The third-order valence-corrected chi connectivity index (χ3v) is 6.72. The number of hydrogen-bond acceptors (Lipinski definition) is 4. The van der Waals surface area contributed by atoms with Crippen LogP contribution < -0.4 is 10.2 Å². The quantitative estimate of drug-likeness (QED) is 0.748. The molecule has 2 aromatic carbocycles. The van der Waals surface area contributed by atoms with Gasteiger partial charge >= 0.3 is 6.18 Å². The fraction of sp³-hybridized carbons (Fsp3) is 0.350. The minimum Gasteiger partial charge on any atom is -0.369 e. The van der Waals surface area contributed by atoms with E-state index in [9.17, 15) is 26.4 Å². The van der Waals surface area contributed by atoms with Crippen LogP contribution in [0.15, 0.2) is 54.6 Å². The highest BCUT2D eigenvalue weighted by Crippen LogP contribution is 2.32. The molecular formula is C20H22F3N3O3S. The van der Waals surface area contributed by atoms with Crippen LogP contribution in [0, 0.1) is 0 Å². The van der Waals surface area contributed by atoms with Crippen LogP contribution in [-0.2, 0) is 16.2 Å². The van der Waals surface area contributed by atoms with E-state index in [4.69, 9.17) is 0 Å². The summed E-state index contributed by atoms with van der Waals surface area (Å²) in [6, 6.07) is 13.5. The van der Waals surface area contributed by atoms with Gasteiger partial charge in [-0.15, -0.1) is 0 Å². The van der Waals surface area contributed by atoms with Crippen molar-refractivity contribution in [1.82, 2.24) is 9.62 Å². The minimum absolute atomic E-state index is 0.0239. The first-order valence-electron chi connectivity index (χ1n) is 9.40. The van der Waals surface area contributed by atoms with Crippen molar-refractivity contribution in [2.45, 2.75) is 6.18 Å². The van der Waals surface area contributed by atoms with Gasteiger partial charge in [0.15, 0.2) is 0 Å². The summed E-state index contributed by atoms with van der Waals surface area (Å²) < 4.78 is 65.1. The summed E-state index contributed by atoms with van der Waals surface area (Å²) in [6.45, 7) is 0.897. The predicted molar refractivity (Wildman–Crippen MR) is 108 cm³/mol. The molecule has 1 fully saturated rings. The summed E-state index contributed by atoms with van der Waals surface area (Å²) in [5, 5.41) is 2.59. The zero-order valence-corrected chi connectivity index (χ0v) is 16.9. The van der Waals surface area contributed by atoms with Gasteiger partial charge in [0, 0.05) is 44.0 Å². The maximum absolute atomic E-state index is 12.9. The molecule has 1 aliphatic rings. The number of sulfonamides is 1. The first-order chi connectivity index (χ1) is 14.2. The molecule has 2 aromatic rings. The molecule has 162 valence electrons. The lowest BCUT2D eigenvalue weighted by Gasteiger charge is -2.35. The van der Waals surface area contributed by atoms with E-state index in [2.05, 4.69) is 5.32 Å². The molecule has 0 spiro atoms. The van der Waals surface area contributed by atoms with Crippen LogP contribution in [0.1, 0.15) is 15.9 Å². The van der Waals surface area contributed by atoms with Gasteiger partial charge in [-0.05, 0) is 30.3 Å². The Morgan fingerprint density at radius 3 is 2.27 bits per heavy atom. The second kappa shape index (κ2) is 9.05. The molecule has 1 aliphatic heterocycles. The van der Waals surface area contributed by atoms with E-state index in [0.29, 0.717) is 11.3 Å². The first-order valence-corrected chi connectivity index (χ1v) is 11.0. The average molecular weight is 441 g/mol. The van der Waals surface area contributed by atoms with E-state index in [-0.39, 0.29) is 44.4 Å². The summed E-state index contributed by atoms with van der Waals surface area (Å²) >= 11 is 0. The molecule has 1 amide bonds. The summed E-state index contributed by atoms with van der Waals surface area (Å²) in [6.07, 6.45) is -4.43. The summed E-state index contributed by atoms with van der Waals surface area (Å²) in [5.41, 5.74) is 0.130. The Bertz CT molecular complexity index is 974. The summed E-state index contributed by atoms with van der Waals surface area (Å²) in [7, 11) is -3.59. The van der Waals surface area contributed by atoms with Gasteiger partial charge in [0.05, 0.1) is 11.3 Å². The number of nitrogens with one attached hydrogen (secondary N) is 1. The second-order valence-electron chi connectivity index (χ2n) is 6.87. The standard InChI is InChI=1S/C20H22F3N3O3S/c21-20(22,23)17-7-4-8-18(15-17)25-10-12-26(13-11-25)30(28,29)14-9-24-19(27)16-5-2-1-3-6-16/h1-8,15H,9-14H2,(H,24,27). The monoisotopic (exact) mass is 441 g/mol.